The zero-order chi connectivity index (χ0) is 38.3. The van der Waals surface area contributed by atoms with Crippen molar-refractivity contribution >= 4 is 29.2 Å². The van der Waals surface area contributed by atoms with Crippen LogP contribution in [0.2, 0.25) is 5.02 Å². The average Bonchev–Trinajstić information content (AvgIpc) is 3.11. The van der Waals surface area contributed by atoms with E-state index in [4.69, 9.17) is 16.3 Å². The van der Waals surface area contributed by atoms with Gasteiger partial charge in [0, 0.05) is 43.8 Å². The number of benzene rings is 1. The molecule has 0 aromatic heterocycles. The topological polar surface area (TPSA) is 113 Å². The predicted octanol–water partition coefficient (Wildman–Crippen LogP) is 8.57. The predicted molar refractivity (Wildman–Crippen MR) is 206 cm³/mol. The Bertz CT molecular complexity index is 1670. The molecule has 0 spiro atoms. The number of fused-ring (bicyclic) bond motifs is 7. The summed E-state index contributed by atoms with van der Waals surface area (Å²) in [5.41, 5.74) is 1.07. The van der Waals surface area contributed by atoms with Gasteiger partial charge in [0.1, 0.15) is 12.2 Å². The van der Waals surface area contributed by atoms with E-state index in [0.717, 1.165) is 51.4 Å². The Morgan fingerprint density at radius 1 is 0.962 bits per heavy atom. The van der Waals surface area contributed by atoms with Crippen molar-refractivity contribution in [2.45, 2.75) is 112 Å². The van der Waals surface area contributed by atoms with Crippen LogP contribution in [0.15, 0.2) is 29.8 Å². The van der Waals surface area contributed by atoms with Gasteiger partial charge in [0.15, 0.2) is 0 Å². The smallest absolute Gasteiger partial charge is 0.312 e. The van der Waals surface area contributed by atoms with Crippen molar-refractivity contribution in [3.05, 3.63) is 50.5 Å². The molecule has 0 bridgehead atoms. The fourth-order valence-electron chi connectivity index (χ4n) is 13.4. The van der Waals surface area contributed by atoms with Crippen molar-refractivity contribution in [3.8, 4) is 0 Å². The number of nitro groups is 1. The molecule has 5 aliphatic carbocycles. The number of hydrogen-bond donors (Lipinski definition) is 1. The van der Waals surface area contributed by atoms with Gasteiger partial charge in [-0.15, -0.1) is 0 Å². The first-order valence-electron chi connectivity index (χ1n) is 20.4. The lowest BCUT2D eigenvalue weighted by Gasteiger charge is -2.71. The van der Waals surface area contributed by atoms with Crippen molar-refractivity contribution in [1.29, 1.82) is 0 Å². The van der Waals surface area contributed by atoms with Gasteiger partial charge in [-0.25, -0.2) is 0 Å². The van der Waals surface area contributed by atoms with E-state index in [1.165, 1.54) is 30.2 Å². The molecule has 1 aromatic carbocycles. The third-order valence-electron chi connectivity index (χ3n) is 17.1. The minimum absolute atomic E-state index is 0.00977. The van der Waals surface area contributed by atoms with Crippen LogP contribution in [0.5, 0.6) is 0 Å². The summed E-state index contributed by atoms with van der Waals surface area (Å²) in [6, 6.07) is 4.08. The highest BCUT2D eigenvalue weighted by Crippen LogP contribution is 2.75. The Balaban J connectivity index is 1.04. The van der Waals surface area contributed by atoms with Crippen LogP contribution in [0.25, 0.3) is 0 Å². The first kappa shape index (κ1) is 38.8. The largest absolute Gasteiger partial charge is 0.464 e. The van der Waals surface area contributed by atoms with Crippen LogP contribution in [-0.4, -0.2) is 77.1 Å². The number of esters is 1. The van der Waals surface area contributed by atoms with Gasteiger partial charge in [-0.2, -0.15) is 0 Å². The zero-order valence-corrected chi connectivity index (χ0v) is 33.8. The number of nitrogens with zero attached hydrogens (tertiary/aromatic N) is 3. The highest BCUT2D eigenvalue weighted by atomic mass is 35.5. The molecule has 1 N–H and O–H groups in total. The summed E-state index contributed by atoms with van der Waals surface area (Å²) in [7, 11) is 0. The number of ether oxygens (including phenoxy) is 1. The Kier molecular flexibility index (Phi) is 9.96. The number of nitro benzene ring substituents is 1. The molecule has 4 saturated carbocycles. The Hall–Kier alpha value is -2.49. The molecule has 1 aromatic rings. The van der Waals surface area contributed by atoms with Crippen LogP contribution >= 0.6 is 11.6 Å². The molecule has 6 aliphatic rings. The molecule has 1 saturated heterocycles. The van der Waals surface area contributed by atoms with Crippen LogP contribution in [-0.2, 0) is 9.53 Å². The first-order chi connectivity index (χ1) is 24.9. The van der Waals surface area contributed by atoms with Crippen molar-refractivity contribution in [3.63, 3.8) is 0 Å². The molecule has 9 nitrogen and oxygen atoms in total. The van der Waals surface area contributed by atoms with Crippen molar-refractivity contribution in [2.24, 2.45) is 56.7 Å². The molecule has 7 rings (SSSR count). The van der Waals surface area contributed by atoms with E-state index in [-0.39, 0.29) is 61.8 Å². The quantitative estimate of drug-likeness (QED) is 0.134. The van der Waals surface area contributed by atoms with Gasteiger partial charge in [0.2, 0.25) is 0 Å². The number of halogens is 1. The lowest BCUT2D eigenvalue weighted by Crippen LogP contribution is -2.65. The number of carbonyl (C=O) groups excluding carboxylic acids is 2. The molecule has 1 amide bonds. The maximum atomic E-state index is 14.5. The van der Waals surface area contributed by atoms with Gasteiger partial charge in [-0.3, -0.25) is 24.6 Å². The standard InChI is InChI=1S/C43H62ClN3O6/c1-27-12-17-43(38(50)53-25-24-45-20-22-46(23-21-45)37(49)30-26-29(44)8-10-32(30)47(51)52)19-18-41(6)31(36(43)28(27)2)9-11-34-40(5)15-14-35(48)39(3,4)33(40)13-16-42(34,41)7/h8-10,26-28,33-36,48H,11-25H2,1-7H3. The van der Waals surface area contributed by atoms with E-state index >= 15 is 0 Å². The Morgan fingerprint density at radius 2 is 1.68 bits per heavy atom. The molecule has 292 valence electrons. The van der Waals surface area contributed by atoms with Gasteiger partial charge in [0.25, 0.3) is 11.6 Å². The average molecular weight is 752 g/mol. The fourth-order valence-corrected chi connectivity index (χ4v) is 13.6. The maximum Gasteiger partial charge on any atom is 0.312 e. The van der Waals surface area contributed by atoms with Gasteiger partial charge in [0.05, 0.1) is 16.4 Å². The van der Waals surface area contributed by atoms with E-state index in [2.05, 4.69) is 59.4 Å². The minimum atomic E-state index is -0.546. The van der Waals surface area contributed by atoms with Crippen molar-refractivity contribution in [1.82, 2.24) is 9.80 Å². The van der Waals surface area contributed by atoms with Crippen LogP contribution < -0.4 is 0 Å². The van der Waals surface area contributed by atoms with E-state index in [1.54, 1.807) is 4.90 Å². The lowest BCUT2D eigenvalue weighted by atomic mass is 9.33. The summed E-state index contributed by atoms with van der Waals surface area (Å²) in [5.74, 6) is 1.75. The minimum Gasteiger partial charge on any atom is -0.464 e. The highest BCUT2D eigenvalue weighted by Gasteiger charge is 2.69. The first-order valence-corrected chi connectivity index (χ1v) is 20.8. The molecular weight excluding hydrogens is 690 g/mol. The monoisotopic (exact) mass is 751 g/mol. The third-order valence-corrected chi connectivity index (χ3v) is 17.3. The number of piperazine rings is 1. The molecule has 10 unspecified atom stereocenters. The number of allylic oxidation sites excluding steroid dienone is 2. The van der Waals surface area contributed by atoms with Crippen LogP contribution in [0, 0.1) is 66.8 Å². The fraction of sp³-hybridized carbons (Fsp3) is 0.767. The van der Waals surface area contributed by atoms with Gasteiger partial charge in [-0.1, -0.05) is 71.7 Å². The van der Waals surface area contributed by atoms with E-state index in [9.17, 15) is 24.8 Å². The number of rotatable bonds is 6. The third kappa shape index (κ3) is 5.91. The highest BCUT2D eigenvalue weighted by molar-refractivity contribution is 6.31. The molecule has 1 aliphatic heterocycles. The SMILES string of the molecule is CC1CCC2(C(=O)OCCN3CCN(C(=O)c4cc(Cl)ccc4[N+](=O)[O-])CC3)CCC3(C)C(=CCC4C5(C)CCC(O)C(C)(C)C5CCC43C)C2C1C. The number of carbonyl (C=O) groups is 2. The second kappa shape index (κ2) is 13.6. The van der Waals surface area contributed by atoms with Crippen molar-refractivity contribution < 1.29 is 24.4 Å². The lowest BCUT2D eigenvalue weighted by molar-refractivity contribution is -0.385. The second-order valence-corrected chi connectivity index (χ2v) is 19.8. The number of aliphatic hydroxyl groups is 1. The van der Waals surface area contributed by atoms with E-state index in [1.807, 2.05) is 0 Å². The molecule has 1 heterocycles. The maximum absolute atomic E-state index is 14.5. The van der Waals surface area contributed by atoms with Gasteiger partial charge in [-0.05, 0) is 121 Å². The summed E-state index contributed by atoms with van der Waals surface area (Å²) in [4.78, 5) is 42.6. The molecule has 53 heavy (non-hydrogen) atoms. The van der Waals surface area contributed by atoms with Crippen LogP contribution in [0.4, 0.5) is 5.69 Å². The summed E-state index contributed by atoms with van der Waals surface area (Å²) in [5, 5.41) is 22.9. The Morgan fingerprint density at radius 3 is 2.38 bits per heavy atom. The van der Waals surface area contributed by atoms with Gasteiger partial charge < -0.3 is 14.7 Å². The molecule has 0 radical (unpaired) electrons. The summed E-state index contributed by atoms with van der Waals surface area (Å²) >= 11 is 6.08. The van der Waals surface area contributed by atoms with Gasteiger partial charge >= 0.3 is 5.97 Å². The number of amides is 1. The summed E-state index contributed by atoms with van der Waals surface area (Å²) in [6.07, 6.45) is 11.5. The zero-order valence-electron chi connectivity index (χ0n) is 33.1. The van der Waals surface area contributed by atoms with Crippen LogP contribution in [0.3, 0.4) is 0 Å². The molecule has 10 atom stereocenters. The number of hydrogen-bond acceptors (Lipinski definition) is 7. The second-order valence-electron chi connectivity index (χ2n) is 19.4. The molecular formula is C43H62ClN3O6. The number of aliphatic hydroxyl groups excluding tert-OH is 1. The summed E-state index contributed by atoms with van der Waals surface area (Å²) < 4.78 is 6.29. The van der Waals surface area contributed by atoms with Crippen molar-refractivity contribution in [2.75, 3.05) is 39.3 Å². The molecule has 5 fully saturated rings. The normalized spacial score (nSPS) is 40.8. The van der Waals surface area contributed by atoms with Crippen LogP contribution in [0.1, 0.15) is 117 Å². The van der Waals surface area contributed by atoms with E-state index < -0.39 is 10.3 Å². The van der Waals surface area contributed by atoms with E-state index in [0.29, 0.717) is 63.0 Å². The molecule has 10 heteroatoms. The Labute approximate surface area is 321 Å². The summed E-state index contributed by atoms with van der Waals surface area (Å²) in [6.45, 7) is 20.0.